The van der Waals surface area contributed by atoms with Crippen molar-refractivity contribution in [3.8, 4) is 5.75 Å². The van der Waals surface area contributed by atoms with Crippen molar-refractivity contribution < 1.29 is 13.9 Å². The van der Waals surface area contributed by atoms with Gasteiger partial charge in [-0.1, -0.05) is 43.9 Å². The molecule has 0 aliphatic heterocycles. The van der Waals surface area contributed by atoms with Gasteiger partial charge in [0.1, 0.15) is 16.9 Å². The van der Waals surface area contributed by atoms with Crippen LogP contribution >= 0.6 is 0 Å². The van der Waals surface area contributed by atoms with Crippen LogP contribution in [0.2, 0.25) is 0 Å². The second-order valence-corrected chi connectivity index (χ2v) is 7.71. The van der Waals surface area contributed by atoms with E-state index >= 15 is 0 Å². The maximum absolute atomic E-state index is 12.8. The smallest absolute Gasteiger partial charge is 0.241 e. The van der Waals surface area contributed by atoms with Gasteiger partial charge in [-0.2, -0.15) is 0 Å². The average Bonchev–Trinajstić information content (AvgIpc) is 2.86. The molecule has 148 valence electrons. The van der Waals surface area contributed by atoms with Crippen molar-refractivity contribution in [2.45, 2.75) is 57.5 Å². The second kappa shape index (κ2) is 8.23. The highest BCUT2D eigenvalue weighted by atomic mass is 16.5. The molecule has 4 rings (SSSR count). The fraction of sp³-hybridized carbons (Fsp3) is 0.435. The van der Waals surface area contributed by atoms with E-state index in [-0.39, 0.29) is 11.9 Å². The van der Waals surface area contributed by atoms with E-state index in [4.69, 9.17) is 9.15 Å². The number of hydrogen-bond donors (Lipinski definition) is 2. The maximum Gasteiger partial charge on any atom is 0.241 e. The van der Waals surface area contributed by atoms with Crippen molar-refractivity contribution in [1.29, 1.82) is 0 Å². The Morgan fingerprint density at radius 1 is 1.07 bits per heavy atom. The van der Waals surface area contributed by atoms with E-state index < -0.39 is 0 Å². The lowest BCUT2D eigenvalue weighted by Gasteiger charge is -2.22. The van der Waals surface area contributed by atoms with E-state index in [0.29, 0.717) is 17.5 Å². The SMILES string of the molecule is COc1cc2c(cc1NC(=O)[C@@H](C)NC1CCCCCC1)oc1ccccc12. The van der Waals surface area contributed by atoms with Crippen LogP contribution in [0.3, 0.4) is 0 Å². The maximum atomic E-state index is 12.8. The van der Waals surface area contributed by atoms with Gasteiger partial charge in [0.25, 0.3) is 0 Å². The van der Waals surface area contributed by atoms with Crippen molar-refractivity contribution >= 4 is 33.5 Å². The molecule has 5 nitrogen and oxygen atoms in total. The van der Waals surface area contributed by atoms with Crippen molar-refractivity contribution in [3.05, 3.63) is 36.4 Å². The summed E-state index contributed by atoms with van der Waals surface area (Å²) >= 11 is 0. The molecule has 0 saturated heterocycles. The third-order valence-corrected chi connectivity index (χ3v) is 5.69. The van der Waals surface area contributed by atoms with Gasteiger partial charge < -0.3 is 19.8 Å². The highest BCUT2D eigenvalue weighted by Gasteiger charge is 2.21. The number of ether oxygens (including phenoxy) is 1. The molecule has 2 aromatic carbocycles. The molecule has 1 aliphatic carbocycles. The number of fused-ring (bicyclic) bond motifs is 3. The minimum Gasteiger partial charge on any atom is -0.495 e. The van der Waals surface area contributed by atoms with Crippen LogP contribution in [0.15, 0.2) is 40.8 Å². The molecule has 1 aliphatic rings. The zero-order chi connectivity index (χ0) is 19.5. The van der Waals surface area contributed by atoms with Gasteiger partial charge in [-0.05, 0) is 31.9 Å². The van der Waals surface area contributed by atoms with Crippen LogP contribution in [0.1, 0.15) is 45.4 Å². The highest BCUT2D eigenvalue weighted by molar-refractivity contribution is 6.08. The van der Waals surface area contributed by atoms with Crippen LogP contribution in [-0.4, -0.2) is 25.1 Å². The second-order valence-electron chi connectivity index (χ2n) is 7.71. The van der Waals surface area contributed by atoms with Gasteiger partial charge in [0, 0.05) is 22.9 Å². The Bertz CT molecular complexity index is 971. The molecule has 1 saturated carbocycles. The summed E-state index contributed by atoms with van der Waals surface area (Å²) < 4.78 is 11.5. The summed E-state index contributed by atoms with van der Waals surface area (Å²) in [5.74, 6) is 0.576. The Morgan fingerprint density at radius 3 is 2.57 bits per heavy atom. The first kappa shape index (κ1) is 18.8. The Kier molecular flexibility index (Phi) is 5.53. The number of hydrogen-bond acceptors (Lipinski definition) is 4. The molecule has 0 radical (unpaired) electrons. The Labute approximate surface area is 165 Å². The summed E-state index contributed by atoms with van der Waals surface area (Å²) in [5.41, 5.74) is 2.20. The van der Waals surface area contributed by atoms with Gasteiger partial charge in [0.05, 0.1) is 18.8 Å². The summed E-state index contributed by atoms with van der Waals surface area (Å²) in [5, 5.41) is 8.54. The molecular weight excluding hydrogens is 352 g/mol. The number of para-hydroxylation sites is 1. The summed E-state index contributed by atoms with van der Waals surface area (Å²) in [4.78, 5) is 12.8. The first-order chi connectivity index (χ1) is 13.7. The molecule has 0 unspecified atom stereocenters. The van der Waals surface area contributed by atoms with Gasteiger partial charge in [0.2, 0.25) is 5.91 Å². The third kappa shape index (κ3) is 3.85. The molecule has 1 heterocycles. The standard InChI is InChI=1S/C23H28N2O3/c1-15(24-16-9-5-3-4-6-10-16)23(26)25-19-14-21-18(13-22(19)27-2)17-11-7-8-12-20(17)28-21/h7-8,11-16,24H,3-6,9-10H2,1-2H3,(H,25,26)/t15-/m1/s1. The molecule has 2 N–H and O–H groups in total. The molecule has 1 aromatic heterocycles. The number of anilines is 1. The number of amides is 1. The van der Waals surface area contributed by atoms with E-state index in [1.54, 1.807) is 7.11 Å². The normalized spacial score (nSPS) is 16.8. The molecule has 1 fully saturated rings. The topological polar surface area (TPSA) is 63.5 Å². The summed E-state index contributed by atoms with van der Waals surface area (Å²) in [7, 11) is 1.62. The van der Waals surface area contributed by atoms with Gasteiger partial charge in [0.15, 0.2) is 0 Å². The van der Waals surface area contributed by atoms with Gasteiger partial charge >= 0.3 is 0 Å². The van der Waals surface area contributed by atoms with Crippen molar-refractivity contribution in [2.24, 2.45) is 0 Å². The first-order valence-electron chi connectivity index (χ1n) is 10.2. The third-order valence-electron chi connectivity index (χ3n) is 5.69. The molecule has 1 amide bonds. The molecule has 28 heavy (non-hydrogen) atoms. The minimum atomic E-state index is -0.265. The molecule has 0 spiro atoms. The average molecular weight is 380 g/mol. The van der Waals surface area contributed by atoms with Crippen LogP contribution < -0.4 is 15.4 Å². The number of methoxy groups -OCH3 is 1. The van der Waals surface area contributed by atoms with E-state index in [9.17, 15) is 4.79 Å². The lowest BCUT2D eigenvalue weighted by atomic mass is 10.1. The van der Waals surface area contributed by atoms with Crippen molar-refractivity contribution in [1.82, 2.24) is 5.32 Å². The molecular formula is C23H28N2O3. The van der Waals surface area contributed by atoms with E-state index in [0.717, 1.165) is 34.8 Å². The van der Waals surface area contributed by atoms with E-state index in [1.165, 1.54) is 25.7 Å². The van der Waals surface area contributed by atoms with Crippen LogP contribution in [0.25, 0.3) is 21.9 Å². The summed E-state index contributed by atoms with van der Waals surface area (Å²) in [6, 6.07) is 11.8. The van der Waals surface area contributed by atoms with Crippen LogP contribution in [0.4, 0.5) is 5.69 Å². The van der Waals surface area contributed by atoms with E-state index in [1.807, 2.05) is 43.3 Å². The monoisotopic (exact) mass is 380 g/mol. The zero-order valence-corrected chi connectivity index (χ0v) is 16.6. The fourth-order valence-electron chi connectivity index (χ4n) is 4.13. The van der Waals surface area contributed by atoms with Crippen LogP contribution in [0.5, 0.6) is 5.75 Å². The molecule has 1 atom stereocenters. The number of carbonyl (C=O) groups excluding carboxylic acids is 1. The van der Waals surface area contributed by atoms with Gasteiger partial charge in [-0.15, -0.1) is 0 Å². The quantitative estimate of drug-likeness (QED) is 0.595. The number of nitrogens with one attached hydrogen (secondary N) is 2. The predicted octanol–water partition coefficient (Wildman–Crippen LogP) is 5.23. The first-order valence-corrected chi connectivity index (χ1v) is 10.2. The summed E-state index contributed by atoms with van der Waals surface area (Å²) in [6.07, 6.45) is 7.36. The number of carbonyl (C=O) groups is 1. The fourth-order valence-corrected chi connectivity index (χ4v) is 4.13. The Balaban J connectivity index is 1.54. The zero-order valence-electron chi connectivity index (χ0n) is 16.6. The minimum absolute atomic E-state index is 0.0574. The van der Waals surface area contributed by atoms with Gasteiger partial charge in [-0.3, -0.25) is 4.79 Å². The number of rotatable bonds is 5. The number of furan rings is 1. The summed E-state index contributed by atoms with van der Waals surface area (Å²) in [6.45, 7) is 1.92. The Morgan fingerprint density at radius 2 is 1.82 bits per heavy atom. The van der Waals surface area contributed by atoms with Crippen molar-refractivity contribution in [3.63, 3.8) is 0 Å². The van der Waals surface area contributed by atoms with Gasteiger partial charge in [-0.25, -0.2) is 0 Å². The van der Waals surface area contributed by atoms with Crippen LogP contribution in [-0.2, 0) is 4.79 Å². The van der Waals surface area contributed by atoms with Crippen molar-refractivity contribution in [2.75, 3.05) is 12.4 Å². The molecule has 3 aromatic rings. The highest BCUT2D eigenvalue weighted by Crippen LogP contribution is 2.36. The Hall–Kier alpha value is -2.53. The number of benzene rings is 2. The van der Waals surface area contributed by atoms with E-state index in [2.05, 4.69) is 10.6 Å². The largest absolute Gasteiger partial charge is 0.495 e. The lowest BCUT2D eigenvalue weighted by molar-refractivity contribution is -0.118. The lowest BCUT2D eigenvalue weighted by Crippen LogP contribution is -2.43. The molecule has 5 heteroatoms. The van der Waals surface area contributed by atoms with Crippen LogP contribution in [0, 0.1) is 0 Å². The predicted molar refractivity (Wildman–Crippen MR) is 113 cm³/mol. The molecule has 0 bridgehead atoms.